The van der Waals surface area contributed by atoms with E-state index in [-0.39, 0.29) is 11.9 Å². The largest absolute Gasteiger partial charge is 0.493 e. The van der Waals surface area contributed by atoms with Crippen LogP contribution in [0.3, 0.4) is 0 Å². The molecule has 0 atom stereocenters. The number of hydrogen-bond donors (Lipinski definition) is 1. The number of carbonyl (C=O) groups excluding carboxylic acids is 1. The number of carbonyl (C=O) groups is 1. The van der Waals surface area contributed by atoms with Gasteiger partial charge in [-0.05, 0) is 51.3 Å². The van der Waals surface area contributed by atoms with Crippen molar-refractivity contribution < 1.29 is 14.3 Å². The Kier molecular flexibility index (Phi) is 7.04. The molecule has 9 nitrogen and oxygen atoms in total. The SMILES string of the molecule is COc1cccc(Cn2nccc2NC(=O)CCc2c(C)nc3c(cnn3C(C)C)c2C)c1OC. The lowest BCUT2D eigenvalue weighted by Gasteiger charge is -2.15. The van der Waals surface area contributed by atoms with E-state index in [0.717, 1.165) is 33.4 Å². The highest BCUT2D eigenvalue weighted by Gasteiger charge is 2.17. The molecule has 0 spiro atoms. The van der Waals surface area contributed by atoms with Crippen molar-refractivity contribution in [3.05, 3.63) is 59.0 Å². The van der Waals surface area contributed by atoms with Gasteiger partial charge in [0.25, 0.3) is 0 Å². The molecule has 0 bridgehead atoms. The molecule has 0 aliphatic heterocycles. The summed E-state index contributed by atoms with van der Waals surface area (Å²) in [5.74, 6) is 1.84. The van der Waals surface area contributed by atoms with E-state index in [1.165, 1.54) is 0 Å². The molecule has 0 aliphatic carbocycles. The molecule has 0 saturated carbocycles. The first kappa shape index (κ1) is 24.3. The minimum absolute atomic E-state index is 0.0823. The molecule has 9 heteroatoms. The summed E-state index contributed by atoms with van der Waals surface area (Å²) in [4.78, 5) is 17.7. The van der Waals surface area contributed by atoms with E-state index in [1.807, 2.05) is 36.0 Å². The number of methoxy groups -OCH3 is 2. The maximum Gasteiger partial charge on any atom is 0.225 e. The van der Waals surface area contributed by atoms with Crippen LogP contribution in [-0.2, 0) is 17.8 Å². The van der Waals surface area contributed by atoms with Crippen LogP contribution in [0.2, 0.25) is 0 Å². The molecule has 0 unspecified atom stereocenters. The van der Waals surface area contributed by atoms with Crippen molar-refractivity contribution in [2.24, 2.45) is 0 Å². The normalized spacial score (nSPS) is 11.3. The molecule has 0 radical (unpaired) electrons. The summed E-state index contributed by atoms with van der Waals surface area (Å²) < 4.78 is 14.6. The van der Waals surface area contributed by atoms with Crippen molar-refractivity contribution in [3.8, 4) is 11.5 Å². The summed E-state index contributed by atoms with van der Waals surface area (Å²) >= 11 is 0. The van der Waals surface area contributed by atoms with E-state index < -0.39 is 0 Å². The Balaban J connectivity index is 1.47. The van der Waals surface area contributed by atoms with Crippen LogP contribution in [0.25, 0.3) is 11.0 Å². The van der Waals surface area contributed by atoms with Crippen LogP contribution in [0.4, 0.5) is 5.82 Å². The molecule has 0 saturated heterocycles. The number of aryl methyl sites for hydroxylation is 2. The molecule has 184 valence electrons. The van der Waals surface area contributed by atoms with Crippen molar-refractivity contribution in [1.29, 1.82) is 0 Å². The first-order valence-corrected chi connectivity index (χ1v) is 11.7. The van der Waals surface area contributed by atoms with Gasteiger partial charge in [0.05, 0.1) is 33.2 Å². The molecule has 3 aromatic heterocycles. The van der Waals surface area contributed by atoms with Crippen molar-refractivity contribution >= 4 is 22.8 Å². The van der Waals surface area contributed by atoms with Gasteiger partial charge in [0.2, 0.25) is 5.91 Å². The Morgan fingerprint density at radius 3 is 2.63 bits per heavy atom. The van der Waals surface area contributed by atoms with Gasteiger partial charge in [-0.3, -0.25) is 4.79 Å². The topological polar surface area (TPSA) is 96.1 Å². The number of rotatable bonds is 9. The Bertz CT molecular complexity index is 1350. The van der Waals surface area contributed by atoms with E-state index >= 15 is 0 Å². The first-order valence-electron chi connectivity index (χ1n) is 11.7. The Hall–Kier alpha value is -3.88. The number of para-hydroxylation sites is 1. The molecular weight excluding hydrogens is 444 g/mol. The number of nitrogens with zero attached hydrogens (tertiary/aromatic N) is 5. The van der Waals surface area contributed by atoms with Crippen LogP contribution in [-0.4, -0.2) is 44.7 Å². The average Bonchev–Trinajstić information content (AvgIpc) is 3.45. The predicted molar refractivity (Wildman–Crippen MR) is 135 cm³/mol. The number of aromatic nitrogens is 5. The Morgan fingerprint density at radius 1 is 1.11 bits per heavy atom. The second kappa shape index (κ2) is 10.2. The van der Waals surface area contributed by atoms with Gasteiger partial charge in [-0.25, -0.2) is 14.3 Å². The molecule has 1 aromatic carbocycles. The van der Waals surface area contributed by atoms with Gasteiger partial charge in [-0.1, -0.05) is 12.1 Å². The van der Waals surface area contributed by atoms with Crippen molar-refractivity contribution in [2.75, 3.05) is 19.5 Å². The lowest BCUT2D eigenvalue weighted by atomic mass is 10.0. The minimum Gasteiger partial charge on any atom is -0.493 e. The molecule has 4 rings (SSSR count). The molecule has 4 aromatic rings. The highest BCUT2D eigenvalue weighted by Crippen LogP contribution is 2.31. The summed E-state index contributed by atoms with van der Waals surface area (Å²) in [6.07, 6.45) is 4.46. The van der Waals surface area contributed by atoms with Gasteiger partial charge in [-0.2, -0.15) is 10.2 Å². The third-order valence-electron chi connectivity index (χ3n) is 6.22. The van der Waals surface area contributed by atoms with Gasteiger partial charge in [0, 0.05) is 35.2 Å². The number of amides is 1. The number of anilines is 1. The zero-order valence-electron chi connectivity index (χ0n) is 21.1. The number of ether oxygens (including phenoxy) is 2. The van der Waals surface area contributed by atoms with E-state index in [9.17, 15) is 4.79 Å². The maximum absolute atomic E-state index is 12.9. The second-order valence-corrected chi connectivity index (χ2v) is 8.80. The minimum atomic E-state index is -0.0823. The van der Waals surface area contributed by atoms with E-state index in [4.69, 9.17) is 14.5 Å². The number of pyridine rings is 1. The summed E-state index contributed by atoms with van der Waals surface area (Å²) in [7, 11) is 3.21. The molecule has 3 heterocycles. The smallest absolute Gasteiger partial charge is 0.225 e. The van der Waals surface area contributed by atoms with Gasteiger partial charge in [-0.15, -0.1) is 0 Å². The number of benzene rings is 1. The quantitative estimate of drug-likeness (QED) is 0.383. The van der Waals surface area contributed by atoms with Crippen molar-refractivity contribution in [3.63, 3.8) is 0 Å². The second-order valence-electron chi connectivity index (χ2n) is 8.80. The lowest BCUT2D eigenvalue weighted by molar-refractivity contribution is -0.116. The zero-order valence-corrected chi connectivity index (χ0v) is 21.1. The lowest BCUT2D eigenvalue weighted by Crippen LogP contribution is -2.17. The molecule has 0 aliphatic rings. The monoisotopic (exact) mass is 476 g/mol. The third kappa shape index (κ3) is 4.84. The fourth-order valence-electron chi connectivity index (χ4n) is 4.39. The van der Waals surface area contributed by atoms with Crippen LogP contribution in [0.15, 0.2) is 36.7 Å². The molecule has 0 fully saturated rings. The van der Waals surface area contributed by atoms with Gasteiger partial charge < -0.3 is 14.8 Å². The number of hydrogen-bond acceptors (Lipinski definition) is 6. The van der Waals surface area contributed by atoms with Crippen LogP contribution in [0.1, 0.15) is 48.7 Å². The van der Waals surface area contributed by atoms with E-state index in [2.05, 4.69) is 36.3 Å². The maximum atomic E-state index is 12.9. The summed E-state index contributed by atoms with van der Waals surface area (Å²) in [5.41, 5.74) is 4.94. The standard InChI is InChI=1S/C26H32N6O3/c1-16(2)32-26-21(14-28-32)17(3)20(18(4)29-26)10-11-24(33)30-23-12-13-27-31(23)15-19-8-7-9-22(34-5)25(19)35-6/h7-9,12-14,16H,10-11,15H2,1-6H3,(H,30,33). The fourth-order valence-corrected chi connectivity index (χ4v) is 4.39. The van der Waals surface area contributed by atoms with E-state index in [0.29, 0.717) is 36.7 Å². The molecule has 35 heavy (non-hydrogen) atoms. The highest BCUT2D eigenvalue weighted by atomic mass is 16.5. The van der Waals surface area contributed by atoms with Crippen LogP contribution in [0, 0.1) is 13.8 Å². The van der Waals surface area contributed by atoms with Gasteiger partial charge >= 0.3 is 0 Å². The Morgan fingerprint density at radius 2 is 1.91 bits per heavy atom. The summed E-state index contributed by atoms with van der Waals surface area (Å²) in [5, 5.41) is 12.9. The first-order chi connectivity index (χ1) is 16.8. The van der Waals surface area contributed by atoms with Crippen LogP contribution >= 0.6 is 0 Å². The van der Waals surface area contributed by atoms with Crippen molar-refractivity contribution in [2.45, 2.75) is 53.1 Å². The average molecular weight is 477 g/mol. The number of nitrogens with one attached hydrogen (secondary N) is 1. The molecule has 1 N–H and O–H groups in total. The van der Waals surface area contributed by atoms with Gasteiger partial charge in [0.15, 0.2) is 17.1 Å². The Labute approximate surface area is 205 Å². The third-order valence-corrected chi connectivity index (χ3v) is 6.22. The van der Waals surface area contributed by atoms with Gasteiger partial charge in [0.1, 0.15) is 5.82 Å². The highest BCUT2D eigenvalue weighted by molar-refractivity contribution is 5.90. The van der Waals surface area contributed by atoms with E-state index in [1.54, 1.807) is 31.2 Å². The summed E-state index contributed by atoms with van der Waals surface area (Å²) in [6, 6.07) is 7.72. The fraction of sp³-hybridized carbons (Fsp3) is 0.385. The molecular formula is C26H32N6O3. The zero-order chi connectivity index (χ0) is 25.1. The van der Waals surface area contributed by atoms with Crippen molar-refractivity contribution in [1.82, 2.24) is 24.5 Å². The predicted octanol–water partition coefficient (Wildman–Crippen LogP) is 4.46. The van der Waals surface area contributed by atoms with Crippen LogP contribution in [0.5, 0.6) is 11.5 Å². The van der Waals surface area contributed by atoms with Crippen LogP contribution < -0.4 is 14.8 Å². The summed E-state index contributed by atoms with van der Waals surface area (Å²) in [6.45, 7) is 8.68. The number of fused-ring (bicyclic) bond motifs is 1. The molecule has 1 amide bonds.